The Morgan fingerprint density at radius 3 is 1.46 bits per heavy atom. The number of aryl methyl sites for hydroxylation is 1. The van der Waals surface area contributed by atoms with Crippen LogP contribution in [0.5, 0.6) is 0 Å². The van der Waals surface area contributed by atoms with E-state index in [1.807, 2.05) is 47.6 Å². The van der Waals surface area contributed by atoms with E-state index < -0.39 is 0 Å². The maximum absolute atomic E-state index is 12.2. The second-order valence-electron chi connectivity index (χ2n) is 31.3. The molecule has 2 aromatic heterocycles. The zero-order valence-corrected chi connectivity index (χ0v) is 59.4. The van der Waals surface area contributed by atoms with E-state index in [1.165, 1.54) is 88.5 Å². The summed E-state index contributed by atoms with van der Waals surface area (Å²) in [6.45, 7) is 41.8. The Balaban J connectivity index is 0.000000174. The smallest absolute Gasteiger partial charge is 0.164 e. The molecule has 2 aliphatic carbocycles. The van der Waals surface area contributed by atoms with Gasteiger partial charge in [0.2, 0.25) is 0 Å². The van der Waals surface area contributed by atoms with Gasteiger partial charge in [0.1, 0.15) is 5.76 Å². The molecule has 2 heterocycles. The van der Waals surface area contributed by atoms with Crippen LogP contribution in [0.25, 0.3) is 87.1 Å². The summed E-state index contributed by atoms with van der Waals surface area (Å²) in [5.41, 5.74) is 15.7. The summed E-state index contributed by atoms with van der Waals surface area (Å²) >= 11 is 0. The Hall–Kier alpha value is -6.52. The largest absolute Gasteiger partial charge is 0.512 e. The van der Waals surface area contributed by atoms with Gasteiger partial charge >= 0.3 is 0 Å². The topological polar surface area (TPSA) is 63.1 Å². The van der Waals surface area contributed by atoms with Crippen molar-refractivity contribution >= 4 is 70.4 Å². The number of aliphatic hydroxyl groups excluding tert-OH is 1. The number of hydrogen-bond acceptors (Lipinski definition) is 4. The molecule has 4 nitrogen and oxygen atoms in total. The molecule has 0 saturated heterocycles. The molecular weight excluding hydrogens is 1260 g/mol. The molecule has 0 atom stereocenters. The Bertz CT molecular complexity index is 4550. The predicted molar refractivity (Wildman–Crippen MR) is 378 cm³/mol. The van der Waals surface area contributed by atoms with E-state index in [1.54, 1.807) is 0 Å². The van der Waals surface area contributed by atoms with Crippen molar-refractivity contribution in [3.8, 4) is 22.5 Å². The molecule has 1 radical (unpaired) electrons. The number of rotatable bonds is 11. The third-order valence-electron chi connectivity index (χ3n) is 19.2. The van der Waals surface area contributed by atoms with E-state index in [0.29, 0.717) is 6.17 Å². The van der Waals surface area contributed by atoms with Gasteiger partial charge in [-0.05, 0) is 170 Å². The Morgan fingerprint density at radius 1 is 0.506 bits per heavy atom. The second kappa shape index (κ2) is 25.3. The van der Waals surface area contributed by atoms with Crippen LogP contribution in [0, 0.1) is 51.5 Å². The van der Waals surface area contributed by atoms with Gasteiger partial charge in [-0.25, -0.2) is 0 Å². The minimum atomic E-state index is -0.337. The predicted octanol–water partition coefficient (Wildman–Crippen LogP) is 23.1. The maximum Gasteiger partial charge on any atom is 0.164 e. The Kier molecular flexibility index (Phi) is 17.8. The zero-order chi connectivity index (χ0) is 66.2. The van der Waals surface area contributed by atoms with E-state index in [2.05, 4.69) is 193 Å². The molecule has 0 bridgehead atoms. The Morgan fingerprint density at radius 2 is 0.955 bits per heavy atom. The molecule has 0 amide bonds. The van der Waals surface area contributed by atoms with Gasteiger partial charge in [-0.1, -0.05) is 231 Å². The molecule has 0 spiro atoms. The van der Waals surface area contributed by atoms with Crippen LogP contribution in [0.1, 0.15) is 204 Å². The summed E-state index contributed by atoms with van der Waals surface area (Å²) in [5.74, 6) is 0.286. The van der Waals surface area contributed by atoms with E-state index in [4.69, 9.17) is 14.1 Å². The average Bonchev–Trinajstić information content (AvgIpc) is 0.718. The molecule has 0 fully saturated rings. The number of nitrogens with zero attached hydrogens (tertiary/aromatic N) is 2. The maximum atomic E-state index is 12.2. The van der Waals surface area contributed by atoms with Crippen molar-refractivity contribution in [3.63, 3.8) is 0 Å². The number of pyridine rings is 2. The number of hydrogen-bond donors (Lipinski definition) is 1. The first-order chi connectivity index (χ1) is 42.6. The molecule has 12 rings (SSSR count). The van der Waals surface area contributed by atoms with Gasteiger partial charge in [0.25, 0.3) is 0 Å². The van der Waals surface area contributed by atoms with Gasteiger partial charge in [-0.15, -0.1) is 57.3 Å². The second-order valence-corrected chi connectivity index (χ2v) is 31.3. The number of ketones is 1. The number of allylic oxidation sites excluding steroid dienone is 2. The van der Waals surface area contributed by atoms with Crippen molar-refractivity contribution in [3.05, 3.63) is 189 Å². The monoisotopic (exact) mass is 1360 g/mol. The van der Waals surface area contributed by atoms with Crippen LogP contribution in [-0.2, 0) is 63.4 Å². The standard InChI is InChI=1S/C35H36N.C34H34N.C15H28O2.Ir/c1-21-11-12-25-23(15-21)16-30-29(31(25)20-35(5,6)7)18-24-17-28-22(19-34(2,3)4)9-8-10-26(28)27-13-14-36-33(30)32(24)27;1-33(2,3)19-22-11-9-13-25-26-14-15-35-32-29-16-21-10-7-8-12-24(21)30(20-34(4,5)6)28(29)18-23(31(26)32)17-27(22)25;1-7-14(5,8-2)12(16)11-13(17)15(6,9-3)10-4;/h8-15,17H,18-20H2,1-7H3;7-15,17H,18-20H2,1-6H3;11,16H,7-10H2,1-6H3;/q2*-1;;/b;;12-11-;/i13D,14D;15D;;. The fraction of sp³-hybridized carbons (Fsp3) is 0.417. The Labute approximate surface area is 551 Å². The van der Waals surface area contributed by atoms with Crippen LogP contribution in [0.4, 0.5) is 0 Å². The molecule has 8 aromatic carbocycles. The quantitative estimate of drug-likeness (QED) is 0.0607. The van der Waals surface area contributed by atoms with Gasteiger partial charge in [0.05, 0.1) is 4.11 Å². The van der Waals surface area contributed by atoms with Crippen LogP contribution >= 0.6 is 0 Å². The third kappa shape index (κ3) is 13.7. The number of carbonyl (C=O) groups excluding carboxylic acids is 1. The van der Waals surface area contributed by atoms with Crippen molar-refractivity contribution in [1.29, 1.82) is 0 Å². The first kappa shape index (κ1) is 62.7. The summed E-state index contributed by atoms with van der Waals surface area (Å²) in [4.78, 5) is 21.8. The summed E-state index contributed by atoms with van der Waals surface area (Å²) in [6.07, 6.45) is 10.7. The molecular formula is C84H98IrN2O2-2. The van der Waals surface area contributed by atoms with Gasteiger partial charge in [0.15, 0.2) is 5.78 Å². The molecule has 0 aliphatic heterocycles. The number of benzene rings is 8. The van der Waals surface area contributed by atoms with E-state index in [0.717, 1.165) is 119 Å². The first-order valence-electron chi connectivity index (χ1n) is 34.2. The number of carbonyl (C=O) groups is 1. The zero-order valence-electron chi connectivity index (χ0n) is 60.0. The number of aliphatic hydroxyl groups is 1. The van der Waals surface area contributed by atoms with E-state index in [9.17, 15) is 9.90 Å². The van der Waals surface area contributed by atoms with Gasteiger partial charge in [-0.2, -0.15) is 0 Å². The first-order valence-corrected chi connectivity index (χ1v) is 32.7. The fourth-order valence-electron chi connectivity index (χ4n) is 13.7. The van der Waals surface area contributed by atoms with Crippen LogP contribution in [0.2, 0.25) is 0 Å². The van der Waals surface area contributed by atoms with E-state index in [-0.39, 0.29) is 76.4 Å². The minimum absolute atomic E-state index is 0. The van der Waals surface area contributed by atoms with Crippen LogP contribution in [0.15, 0.2) is 127 Å². The van der Waals surface area contributed by atoms with Crippen LogP contribution in [0.3, 0.4) is 0 Å². The van der Waals surface area contributed by atoms with Crippen molar-refractivity contribution in [2.75, 3.05) is 0 Å². The van der Waals surface area contributed by atoms with Crippen molar-refractivity contribution < 1.29 is 34.1 Å². The fourth-order valence-corrected chi connectivity index (χ4v) is 13.7. The number of fused-ring (bicyclic) bond motifs is 10. The van der Waals surface area contributed by atoms with Crippen molar-refractivity contribution in [2.45, 2.75) is 196 Å². The summed E-state index contributed by atoms with van der Waals surface area (Å²) in [7, 11) is 0. The molecule has 10 aromatic rings. The number of aromatic nitrogens is 2. The molecule has 1 N–H and O–H groups in total. The average molecular weight is 1360 g/mol. The van der Waals surface area contributed by atoms with Crippen molar-refractivity contribution in [1.82, 2.24) is 9.97 Å². The van der Waals surface area contributed by atoms with Crippen LogP contribution < -0.4 is 0 Å². The molecule has 89 heavy (non-hydrogen) atoms. The summed E-state index contributed by atoms with van der Waals surface area (Å²) in [5, 5.41) is 24.0. The summed E-state index contributed by atoms with van der Waals surface area (Å²) < 4.78 is 26.4. The van der Waals surface area contributed by atoms with Gasteiger partial charge in [-0.3, -0.25) is 14.8 Å². The van der Waals surface area contributed by atoms with Crippen molar-refractivity contribution in [2.24, 2.45) is 32.5 Å². The third-order valence-corrected chi connectivity index (χ3v) is 19.2. The van der Waals surface area contributed by atoms with Crippen LogP contribution in [-0.4, -0.2) is 20.9 Å². The van der Waals surface area contributed by atoms with Gasteiger partial charge < -0.3 is 5.11 Å². The normalized spacial score (nSPS) is 13.9. The molecule has 2 aliphatic rings. The SMILES string of the molecule is CCC(C)(CC)C(=O)/C=C(\O)C(C)(CC)CC.[2H]c1cc2c3c(cc4c(CC(C)(C)C)cccc42)Cc2c([c-]c4ccccc4c2CC(C)(C)C)-c3n1.[2H]c1nc2c3c(cc4c(CC(C)(C)C)cccc4c3c1[2H])Cc1c-2[c-]c2cc(C)ccc2c1CC(C)(C)C.[Ir]. The molecule has 0 saturated carbocycles. The van der Waals surface area contributed by atoms with E-state index >= 15 is 0 Å². The molecule has 5 heteroatoms. The van der Waals surface area contributed by atoms with Gasteiger partial charge in [0, 0.05) is 60.7 Å². The minimum Gasteiger partial charge on any atom is -0.512 e. The molecule has 467 valence electrons. The molecule has 0 unspecified atom stereocenters. The summed E-state index contributed by atoms with van der Waals surface area (Å²) in [6, 6.07) is 42.9.